The van der Waals surface area contributed by atoms with Crippen LogP contribution in [0.4, 0.5) is 5.69 Å². The van der Waals surface area contributed by atoms with Gasteiger partial charge in [-0.3, -0.25) is 9.59 Å². The number of aliphatic hydroxyl groups excluding tert-OH is 1. The van der Waals surface area contributed by atoms with Crippen LogP contribution in [0, 0.1) is 0 Å². The van der Waals surface area contributed by atoms with Gasteiger partial charge in [0.2, 0.25) is 5.90 Å². The van der Waals surface area contributed by atoms with Gasteiger partial charge in [0.25, 0.3) is 11.8 Å². The summed E-state index contributed by atoms with van der Waals surface area (Å²) in [6, 6.07) is 23.4. The van der Waals surface area contributed by atoms with E-state index in [-0.39, 0.29) is 25.0 Å². The Morgan fingerprint density at radius 2 is 1.76 bits per heavy atom. The molecule has 0 aromatic heterocycles. The van der Waals surface area contributed by atoms with Crippen molar-refractivity contribution in [2.24, 2.45) is 4.99 Å². The van der Waals surface area contributed by atoms with Gasteiger partial charge in [-0.1, -0.05) is 36.4 Å². The Labute approximate surface area is 197 Å². The minimum atomic E-state index is -1.20. The number of amides is 2. The van der Waals surface area contributed by atoms with Crippen LogP contribution in [-0.2, 0) is 16.0 Å². The maximum Gasteiger partial charge on any atom is 0.266 e. The van der Waals surface area contributed by atoms with E-state index < -0.39 is 5.54 Å². The van der Waals surface area contributed by atoms with Gasteiger partial charge >= 0.3 is 0 Å². The van der Waals surface area contributed by atoms with Crippen molar-refractivity contribution >= 4 is 23.4 Å². The number of aliphatic hydroxyl groups is 1. The van der Waals surface area contributed by atoms with Crippen LogP contribution in [0.1, 0.15) is 27.9 Å². The topological polar surface area (TPSA) is 88.4 Å². The van der Waals surface area contributed by atoms with Crippen LogP contribution in [0.5, 0.6) is 5.75 Å². The number of anilines is 1. The highest BCUT2D eigenvalue weighted by Crippen LogP contribution is 2.38. The molecule has 7 heteroatoms. The van der Waals surface area contributed by atoms with Crippen molar-refractivity contribution in [3.05, 3.63) is 95.6 Å². The fourth-order valence-corrected chi connectivity index (χ4v) is 4.24. The zero-order valence-electron chi connectivity index (χ0n) is 18.5. The number of carbonyl (C=O) groups is 2. The van der Waals surface area contributed by atoms with Crippen molar-refractivity contribution in [1.29, 1.82) is 0 Å². The maximum absolute atomic E-state index is 13.8. The lowest BCUT2D eigenvalue weighted by molar-refractivity contribution is -0.123. The molecule has 0 aliphatic carbocycles. The first-order chi connectivity index (χ1) is 16.6. The lowest BCUT2D eigenvalue weighted by Gasteiger charge is -2.36. The van der Waals surface area contributed by atoms with E-state index in [9.17, 15) is 9.59 Å². The van der Waals surface area contributed by atoms with Gasteiger partial charge in [0.15, 0.2) is 5.54 Å². The molecule has 0 unspecified atom stereocenters. The summed E-state index contributed by atoms with van der Waals surface area (Å²) in [6.45, 7) is 0.560. The number of ether oxygens (including phenoxy) is 2. The molecule has 2 aliphatic rings. The smallest absolute Gasteiger partial charge is 0.266 e. The molecular formula is C27H24N2O5. The molecule has 0 saturated heterocycles. The van der Waals surface area contributed by atoms with Crippen LogP contribution in [0.2, 0.25) is 0 Å². The predicted octanol–water partition coefficient (Wildman–Crippen LogP) is 3.39. The standard InChI is InChI=1S/C27H24N2O5/c30-15-6-16-33-22-13-11-19(12-14-22)24-28-27(18-34-24)17-21-9-4-5-10-23(21)29(26(27)32)25(31)20-7-2-1-3-8-20/h1-5,7-14,30H,6,15-18H2/t27-/m1/s1. The molecule has 1 atom stereocenters. The number of carbonyl (C=O) groups excluding carboxylic acids is 2. The molecule has 1 spiro atoms. The van der Waals surface area contributed by atoms with Crippen LogP contribution >= 0.6 is 0 Å². The molecule has 5 rings (SSSR count). The lowest BCUT2D eigenvalue weighted by Crippen LogP contribution is -2.56. The fraction of sp³-hybridized carbons (Fsp3) is 0.222. The van der Waals surface area contributed by atoms with Crippen molar-refractivity contribution in [1.82, 2.24) is 0 Å². The molecular weight excluding hydrogens is 432 g/mol. The summed E-state index contributed by atoms with van der Waals surface area (Å²) >= 11 is 0. The molecule has 3 aromatic carbocycles. The first-order valence-corrected chi connectivity index (χ1v) is 11.2. The number of nitrogens with zero attached hydrogens (tertiary/aromatic N) is 2. The van der Waals surface area contributed by atoms with Gasteiger partial charge in [0.1, 0.15) is 12.4 Å². The number of fused-ring (bicyclic) bond motifs is 1. The van der Waals surface area contributed by atoms with Crippen LogP contribution in [0.3, 0.4) is 0 Å². The van der Waals surface area contributed by atoms with Crippen LogP contribution in [0.25, 0.3) is 0 Å². The number of imide groups is 1. The third-order valence-corrected chi connectivity index (χ3v) is 5.98. The Balaban J connectivity index is 1.47. The molecule has 1 N–H and O–H groups in total. The number of aliphatic imine (C=N–C) groups is 1. The molecule has 7 nitrogen and oxygen atoms in total. The van der Waals surface area contributed by atoms with E-state index >= 15 is 0 Å². The zero-order chi connectivity index (χ0) is 23.5. The molecule has 2 aliphatic heterocycles. The summed E-state index contributed by atoms with van der Waals surface area (Å²) in [5.41, 5.74) is 1.40. The lowest BCUT2D eigenvalue weighted by atomic mass is 9.85. The van der Waals surface area contributed by atoms with Gasteiger partial charge in [0.05, 0.1) is 12.3 Å². The minimum absolute atomic E-state index is 0.0584. The second-order valence-corrected chi connectivity index (χ2v) is 8.30. The largest absolute Gasteiger partial charge is 0.494 e. The normalized spacial score (nSPS) is 18.9. The monoisotopic (exact) mass is 456 g/mol. The Hall–Kier alpha value is -3.97. The van der Waals surface area contributed by atoms with Crippen molar-refractivity contribution in [2.45, 2.75) is 18.4 Å². The average molecular weight is 456 g/mol. The van der Waals surface area contributed by atoms with Crippen molar-refractivity contribution in [3.8, 4) is 5.75 Å². The van der Waals surface area contributed by atoms with E-state index in [1.807, 2.05) is 36.4 Å². The number of rotatable bonds is 6. The predicted molar refractivity (Wildman–Crippen MR) is 127 cm³/mol. The van der Waals surface area contributed by atoms with E-state index in [1.54, 1.807) is 42.5 Å². The van der Waals surface area contributed by atoms with Crippen molar-refractivity contribution in [2.75, 3.05) is 24.7 Å². The summed E-state index contributed by atoms with van der Waals surface area (Å²) in [6.07, 6.45) is 0.911. The molecule has 0 bridgehead atoms. The van der Waals surface area contributed by atoms with Gasteiger partial charge in [-0.05, 0) is 48.0 Å². The van der Waals surface area contributed by atoms with Gasteiger partial charge in [0, 0.05) is 30.6 Å². The van der Waals surface area contributed by atoms with Crippen molar-refractivity contribution in [3.63, 3.8) is 0 Å². The van der Waals surface area contributed by atoms with Gasteiger partial charge in [-0.2, -0.15) is 0 Å². The Kier molecular flexibility index (Phi) is 5.86. The Morgan fingerprint density at radius 3 is 2.53 bits per heavy atom. The van der Waals surface area contributed by atoms with E-state index in [1.165, 1.54) is 4.90 Å². The quantitative estimate of drug-likeness (QED) is 0.454. The first kappa shape index (κ1) is 21.9. The SMILES string of the molecule is O=C(c1ccccc1)N1C(=O)[C@]2(COC(c3ccc(OCCCO)cc3)=N2)Cc2ccccc21. The highest BCUT2D eigenvalue weighted by Gasteiger charge is 2.52. The zero-order valence-corrected chi connectivity index (χ0v) is 18.5. The second-order valence-electron chi connectivity index (χ2n) is 8.30. The van der Waals surface area contributed by atoms with Crippen LogP contribution in [0.15, 0.2) is 83.9 Å². The molecule has 2 heterocycles. The molecule has 2 amide bonds. The number of benzene rings is 3. The summed E-state index contributed by atoms with van der Waals surface area (Å²) in [5.74, 6) is 0.263. The minimum Gasteiger partial charge on any atom is -0.494 e. The number of hydrogen-bond acceptors (Lipinski definition) is 6. The summed E-state index contributed by atoms with van der Waals surface area (Å²) < 4.78 is 11.5. The first-order valence-electron chi connectivity index (χ1n) is 11.2. The Bertz CT molecular complexity index is 1240. The Morgan fingerprint density at radius 1 is 1.03 bits per heavy atom. The highest BCUT2D eigenvalue weighted by atomic mass is 16.5. The van der Waals surface area contributed by atoms with E-state index in [4.69, 9.17) is 19.6 Å². The van der Waals surface area contributed by atoms with Crippen LogP contribution in [-0.4, -0.2) is 48.2 Å². The van der Waals surface area contributed by atoms with Crippen molar-refractivity contribution < 1.29 is 24.2 Å². The summed E-state index contributed by atoms with van der Waals surface area (Å²) in [7, 11) is 0. The van der Waals surface area contributed by atoms with E-state index in [2.05, 4.69) is 0 Å². The molecule has 34 heavy (non-hydrogen) atoms. The molecule has 0 saturated carbocycles. The summed E-state index contributed by atoms with van der Waals surface area (Å²) in [5, 5.41) is 8.89. The van der Waals surface area contributed by atoms with Crippen LogP contribution < -0.4 is 9.64 Å². The molecule has 3 aromatic rings. The molecule has 172 valence electrons. The number of para-hydroxylation sites is 1. The number of hydrogen-bond donors (Lipinski definition) is 1. The van der Waals surface area contributed by atoms with Gasteiger partial charge in [-0.25, -0.2) is 9.89 Å². The second kappa shape index (κ2) is 9.11. The third kappa shape index (κ3) is 3.95. The summed E-state index contributed by atoms with van der Waals surface area (Å²) in [4.78, 5) is 33.2. The average Bonchev–Trinajstić information content (AvgIpc) is 3.30. The maximum atomic E-state index is 13.8. The van der Waals surface area contributed by atoms with Gasteiger partial charge in [-0.15, -0.1) is 0 Å². The van der Waals surface area contributed by atoms with E-state index in [0.29, 0.717) is 42.3 Å². The fourth-order valence-electron chi connectivity index (χ4n) is 4.24. The molecule has 0 fully saturated rings. The molecule has 0 radical (unpaired) electrons. The third-order valence-electron chi connectivity index (χ3n) is 5.98. The van der Waals surface area contributed by atoms with E-state index in [0.717, 1.165) is 11.1 Å². The van der Waals surface area contributed by atoms with Gasteiger partial charge < -0.3 is 14.6 Å². The highest BCUT2D eigenvalue weighted by molar-refractivity contribution is 6.25.